The van der Waals surface area contributed by atoms with E-state index in [1.54, 1.807) is 18.2 Å². The SMILES string of the molecule is CC(=O)NCCNC(c1ccccc1)C(F)(F)F. The van der Waals surface area contributed by atoms with Crippen molar-refractivity contribution < 1.29 is 18.0 Å². The molecule has 18 heavy (non-hydrogen) atoms. The van der Waals surface area contributed by atoms with E-state index in [1.165, 1.54) is 19.1 Å². The molecule has 0 aliphatic rings. The van der Waals surface area contributed by atoms with Gasteiger partial charge >= 0.3 is 6.18 Å². The zero-order valence-electron chi connectivity index (χ0n) is 9.92. The fourth-order valence-corrected chi connectivity index (χ4v) is 1.52. The van der Waals surface area contributed by atoms with Gasteiger partial charge in [-0.25, -0.2) is 0 Å². The van der Waals surface area contributed by atoms with Crippen LogP contribution in [0.1, 0.15) is 18.5 Å². The highest BCUT2D eigenvalue weighted by Gasteiger charge is 2.40. The fourth-order valence-electron chi connectivity index (χ4n) is 1.52. The number of alkyl halides is 3. The third-order valence-electron chi connectivity index (χ3n) is 2.31. The summed E-state index contributed by atoms with van der Waals surface area (Å²) < 4.78 is 38.5. The van der Waals surface area contributed by atoms with Gasteiger partial charge in [0.1, 0.15) is 6.04 Å². The molecule has 1 atom stereocenters. The summed E-state index contributed by atoms with van der Waals surface area (Å²) >= 11 is 0. The van der Waals surface area contributed by atoms with Gasteiger partial charge in [0.05, 0.1) is 0 Å². The second-order valence-electron chi connectivity index (χ2n) is 3.82. The van der Waals surface area contributed by atoms with E-state index in [9.17, 15) is 18.0 Å². The maximum atomic E-state index is 12.8. The molecule has 3 nitrogen and oxygen atoms in total. The van der Waals surface area contributed by atoms with Crippen LogP contribution in [0.4, 0.5) is 13.2 Å². The average molecular weight is 260 g/mol. The van der Waals surface area contributed by atoms with Gasteiger partial charge in [-0.1, -0.05) is 30.3 Å². The van der Waals surface area contributed by atoms with Gasteiger partial charge in [-0.3, -0.25) is 4.79 Å². The smallest absolute Gasteiger partial charge is 0.355 e. The highest BCUT2D eigenvalue weighted by Crippen LogP contribution is 2.32. The zero-order valence-corrected chi connectivity index (χ0v) is 9.92. The van der Waals surface area contributed by atoms with Crippen molar-refractivity contribution in [1.82, 2.24) is 10.6 Å². The highest BCUT2D eigenvalue weighted by molar-refractivity contribution is 5.72. The lowest BCUT2D eigenvalue weighted by atomic mass is 10.1. The quantitative estimate of drug-likeness (QED) is 0.795. The molecule has 0 bridgehead atoms. The van der Waals surface area contributed by atoms with Crippen molar-refractivity contribution in [2.24, 2.45) is 0 Å². The van der Waals surface area contributed by atoms with E-state index in [0.29, 0.717) is 0 Å². The Labute approximate surface area is 103 Å². The molecule has 6 heteroatoms. The molecule has 0 heterocycles. The molecule has 0 spiro atoms. The molecule has 1 unspecified atom stereocenters. The topological polar surface area (TPSA) is 41.1 Å². The number of hydrogen-bond acceptors (Lipinski definition) is 2. The molecule has 1 aromatic carbocycles. The Kier molecular flexibility index (Phi) is 5.15. The van der Waals surface area contributed by atoms with E-state index in [1.807, 2.05) is 0 Å². The minimum absolute atomic E-state index is 0.0542. The maximum Gasteiger partial charge on any atom is 0.407 e. The highest BCUT2D eigenvalue weighted by atomic mass is 19.4. The van der Waals surface area contributed by atoms with Gasteiger partial charge in [0.25, 0.3) is 0 Å². The molecule has 1 rings (SSSR count). The molecule has 0 saturated heterocycles. The minimum Gasteiger partial charge on any atom is -0.355 e. The normalized spacial score (nSPS) is 13.1. The van der Waals surface area contributed by atoms with Crippen LogP contribution >= 0.6 is 0 Å². The molecule has 0 aliphatic carbocycles. The molecule has 0 aromatic heterocycles. The molecule has 100 valence electrons. The van der Waals surface area contributed by atoms with Crippen LogP contribution in [0.3, 0.4) is 0 Å². The number of carbonyl (C=O) groups is 1. The molecule has 0 fully saturated rings. The van der Waals surface area contributed by atoms with E-state index >= 15 is 0 Å². The Bertz CT molecular complexity index is 379. The molecular weight excluding hydrogens is 245 g/mol. The Morgan fingerprint density at radius 2 is 1.83 bits per heavy atom. The van der Waals surface area contributed by atoms with E-state index in [4.69, 9.17) is 0 Å². The number of benzene rings is 1. The second kappa shape index (κ2) is 6.39. The van der Waals surface area contributed by atoms with Gasteiger partial charge in [0.2, 0.25) is 5.91 Å². The Morgan fingerprint density at radius 3 is 2.33 bits per heavy atom. The fraction of sp³-hybridized carbons (Fsp3) is 0.417. The molecule has 1 amide bonds. The van der Waals surface area contributed by atoms with Crippen LogP contribution in [0.25, 0.3) is 0 Å². The van der Waals surface area contributed by atoms with E-state index < -0.39 is 12.2 Å². The Hall–Kier alpha value is -1.56. The van der Waals surface area contributed by atoms with Crippen LogP contribution in [0.15, 0.2) is 30.3 Å². The van der Waals surface area contributed by atoms with Crippen molar-refractivity contribution in [2.75, 3.05) is 13.1 Å². The van der Waals surface area contributed by atoms with Crippen LogP contribution in [-0.4, -0.2) is 25.2 Å². The number of nitrogens with one attached hydrogen (secondary N) is 2. The van der Waals surface area contributed by atoms with Crippen molar-refractivity contribution in [2.45, 2.75) is 19.1 Å². The molecule has 0 radical (unpaired) electrons. The first-order valence-corrected chi connectivity index (χ1v) is 5.50. The van der Waals surface area contributed by atoms with E-state index in [0.717, 1.165) is 0 Å². The Morgan fingerprint density at radius 1 is 1.22 bits per heavy atom. The lowest BCUT2D eigenvalue weighted by Crippen LogP contribution is -2.38. The standard InChI is InChI=1S/C12H15F3N2O/c1-9(18)16-7-8-17-11(12(13,14)15)10-5-3-2-4-6-10/h2-6,11,17H,7-8H2,1H3,(H,16,18). The van der Waals surface area contributed by atoms with Gasteiger partial charge in [0, 0.05) is 20.0 Å². The summed E-state index contributed by atoms with van der Waals surface area (Å²) in [5, 5.41) is 4.83. The number of amides is 1. The lowest BCUT2D eigenvalue weighted by molar-refractivity contribution is -0.157. The third-order valence-corrected chi connectivity index (χ3v) is 2.31. The summed E-state index contributed by atoms with van der Waals surface area (Å²) in [6, 6.07) is 5.90. The molecule has 0 saturated carbocycles. The molecule has 2 N–H and O–H groups in total. The van der Waals surface area contributed by atoms with Crippen LogP contribution in [0.2, 0.25) is 0 Å². The van der Waals surface area contributed by atoms with Gasteiger partial charge in [0.15, 0.2) is 0 Å². The molecule has 1 aromatic rings. The monoisotopic (exact) mass is 260 g/mol. The van der Waals surface area contributed by atoms with Gasteiger partial charge < -0.3 is 10.6 Å². The summed E-state index contributed by atoms with van der Waals surface area (Å²) in [5.41, 5.74) is 0.160. The minimum atomic E-state index is -4.36. The summed E-state index contributed by atoms with van der Waals surface area (Å²) in [5.74, 6) is -0.264. The van der Waals surface area contributed by atoms with Crippen molar-refractivity contribution in [3.05, 3.63) is 35.9 Å². The summed E-state index contributed by atoms with van der Waals surface area (Å²) in [7, 11) is 0. The lowest BCUT2D eigenvalue weighted by Gasteiger charge is -2.22. The molecular formula is C12H15F3N2O. The predicted octanol–water partition coefficient (Wildman–Crippen LogP) is 2.02. The van der Waals surface area contributed by atoms with Gasteiger partial charge in [-0.2, -0.15) is 13.2 Å². The van der Waals surface area contributed by atoms with Crippen LogP contribution in [0, 0.1) is 0 Å². The number of rotatable bonds is 5. The summed E-state index contributed by atoms with van der Waals surface area (Å²) in [4.78, 5) is 10.6. The van der Waals surface area contributed by atoms with Crippen LogP contribution < -0.4 is 10.6 Å². The maximum absolute atomic E-state index is 12.8. The summed E-state index contributed by atoms with van der Waals surface area (Å²) in [6.07, 6.45) is -4.36. The summed E-state index contributed by atoms with van der Waals surface area (Å²) in [6.45, 7) is 1.53. The van der Waals surface area contributed by atoms with Crippen molar-refractivity contribution >= 4 is 5.91 Å². The first-order valence-electron chi connectivity index (χ1n) is 5.50. The predicted molar refractivity (Wildman–Crippen MR) is 61.9 cm³/mol. The number of halogens is 3. The third kappa shape index (κ3) is 4.75. The zero-order chi connectivity index (χ0) is 13.6. The first-order chi connectivity index (χ1) is 8.41. The number of hydrogen-bond donors (Lipinski definition) is 2. The van der Waals surface area contributed by atoms with Gasteiger partial charge in [-0.15, -0.1) is 0 Å². The van der Waals surface area contributed by atoms with Crippen molar-refractivity contribution in [1.29, 1.82) is 0 Å². The Balaban J connectivity index is 2.61. The van der Waals surface area contributed by atoms with Crippen molar-refractivity contribution in [3.8, 4) is 0 Å². The average Bonchev–Trinajstić information content (AvgIpc) is 2.28. The van der Waals surface area contributed by atoms with Crippen LogP contribution in [0.5, 0.6) is 0 Å². The number of carbonyl (C=O) groups excluding carboxylic acids is 1. The van der Waals surface area contributed by atoms with E-state index in [-0.39, 0.29) is 24.6 Å². The van der Waals surface area contributed by atoms with Gasteiger partial charge in [-0.05, 0) is 5.56 Å². The second-order valence-corrected chi connectivity index (χ2v) is 3.82. The largest absolute Gasteiger partial charge is 0.407 e. The molecule has 0 aliphatic heterocycles. The van der Waals surface area contributed by atoms with Crippen LogP contribution in [-0.2, 0) is 4.79 Å². The van der Waals surface area contributed by atoms with E-state index in [2.05, 4.69) is 10.6 Å². The van der Waals surface area contributed by atoms with Crippen molar-refractivity contribution in [3.63, 3.8) is 0 Å². The first kappa shape index (κ1) is 14.5.